The van der Waals surface area contributed by atoms with E-state index in [1.807, 2.05) is 29.2 Å². The summed E-state index contributed by atoms with van der Waals surface area (Å²) in [4.78, 5) is 19.5. The van der Waals surface area contributed by atoms with Crippen LogP contribution in [0.25, 0.3) is 10.2 Å². The second kappa shape index (κ2) is 9.49. The van der Waals surface area contributed by atoms with Crippen molar-refractivity contribution in [2.75, 3.05) is 18.8 Å². The molecule has 2 heterocycles. The molecule has 0 unspecified atom stereocenters. The monoisotopic (exact) mass is 468 g/mol. The van der Waals surface area contributed by atoms with Gasteiger partial charge < -0.3 is 9.64 Å². The highest BCUT2D eigenvalue weighted by Crippen LogP contribution is 2.32. The number of halogens is 3. The van der Waals surface area contributed by atoms with Crippen LogP contribution in [0.3, 0.4) is 0 Å². The van der Waals surface area contributed by atoms with Crippen molar-refractivity contribution in [1.29, 1.82) is 0 Å². The first-order valence-corrected chi connectivity index (χ1v) is 11.7. The summed E-state index contributed by atoms with van der Waals surface area (Å²) in [7, 11) is 0. The number of likely N-dealkylation sites (tertiary alicyclic amines) is 1. The molecular formula is C21H19ClF2N2O2S2. The zero-order valence-electron chi connectivity index (χ0n) is 15.9. The van der Waals surface area contributed by atoms with E-state index in [0.29, 0.717) is 53.0 Å². The Bertz CT molecular complexity index is 1040. The van der Waals surface area contributed by atoms with Crippen molar-refractivity contribution in [3.8, 4) is 5.19 Å². The lowest BCUT2D eigenvalue weighted by molar-refractivity contribution is -0.132. The van der Waals surface area contributed by atoms with Crippen molar-refractivity contribution < 1.29 is 18.3 Å². The highest BCUT2D eigenvalue weighted by Gasteiger charge is 2.25. The molecule has 1 amide bonds. The number of ether oxygens (including phenoxy) is 1. The predicted octanol–water partition coefficient (Wildman–Crippen LogP) is 5.78. The molecule has 30 heavy (non-hydrogen) atoms. The quantitative estimate of drug-likeness (QED) is 0.430. The van der Waals surface area contributed by atoms with Crippen molar-refractivity contribution in [1.82, 2.24) is 9.88 Å². The number of thiazole rings is 1. The van der Waals surface area contributed by atoms with Gasteiger partial charge in [-0.2, -0.15) is 4.98 Å². The molecule has 1 saturated heterocycles. The number of piperidine rings is 1. The number of aromatic nitrogens is 1. The van der Waals surface area contributed by atoms with Crippen LogP contribution in [0.2, 0.25) is 5.02 Å². The molecule has 9 heteroatoms. The Labute approximate surface area is 186 Å². The van der Waals surface area contributed by atoms with Crippen LogP contribution in [-0.2, 0) is 4.79 Å². The van der Waals surface area contributed by atoms with Crippen LogP contribution in [0.5, 0.6) is 5.19 Å². The van der Waals surface area contributed by atoms with E-state index in [9.17, 15) is 13.6 Å². The van der Waals surface area contributed by atoms with Crippen LogP contribution in [0.15, 0.2) is 41.3 Å². The molecule has 0 radical (unpaired) electrons. The highest BCUT2D eigenvalue weighted by molar-refractivity contribution is 7.99. The summed E-state index contributed by atoms with van der Waals surface area (Å²) in [5.74, 6) is -0.471. The van der Waals surface area contributed by atoms with Gasteiger partial charge >= 0.3 is 0 Å². The molecule has 1 aliphatic heterocycles. The van der Waals surface area contributed by atoms with E-state index in [1.54, 1.807) is 11.8 Å². The Kier molecular flexibility index (Phi) is 6.75. The Balaban J connectivity index is 1.24. The molecule has 0 N–H and O–H groups in total. The van der Waals surface area contributed by atoms with Crippen LogP contribution in [0, 0.1) is 11.6 Å². The molecule has 4 rings (SSSR count). The van der Waals surface area contributed by atoms with Gasteiger partial charge in [0.25, 0.3) is 5.19 Å². The minimum absolute atomic E-state index is 0.0917. The molecular weight excluding hydrogens is 450 g/mol. The normalized spacial score (nSPS) is 15.0. The van der Waals surface area contributed by atoms with Crippen molar-refractivity contribution >= 4 is 50.8 Å². The number of benzene rings is 2. The van der Waals surface area contributed by atoms with Crippen LogP contribution < -0.4 is 4.74 Å². The number of nitrogens with zero attached hydrogens (tertiary/aromatic N) is 2. The molecule has 0 aliphatic carbocycles. The molecule has 1 fully saturated rings. The van der Waals surface area contributed by atoms with Gasteiger partial charge in [0.15, 0.2) is 5.82 Å². The largest absolute Gasteiger partial charge is 0.467 e. The number of rotatable bonds is 6. The summed E-state index contributed by atoms with van der Waals surface area (Å²) in [6.45, 7) is 1.23. The molecule has 4 nitrogen and oxygen atoms in total. The van der Waals surface area contributed by atoms with Crippen LogP contribution in [0.4, 0.5) is 8.78 Å². The van der Waals surface area contributed by atoms with Gasteiger partial charge in [-0.15, -0.1) is 11.8 Å². The lowest BCUT2D eigenvalue weighted by Gasteiger charge is -2.31. The van der Waals surface area contributed by atoms with Gasteiger partial charge in [0.05, 0.1) is 4.70 Å². The molecule has 1 aliphatic rings. The van der Waals surface area contributed by atoms with Gasteiger partial charge in [-0.25, -0.2) is 8.78 Å². The molecule has 0 atom stereocenters. The van der Waals surface area contributed by atoms with Crippen LogP contribution >= 0.6 is 34.7 Å². The third-order valence-electron chi connectivity index (χ3n) is 4.85. The summed E-state index contributed by atoms with van der Waals surface area (Å²) in [6, 6.07) is 9.65. The fourth-order valence-corrected chi connectivity index (χ4v) is 5.19. The average Bonchev–Trinajstić information content (AvgIpc) is 3.12. The lowest BCUT2D eigenvalue weighted by Crippen LogP contribution is -2.41. The lowest BCUT2D eigenvalue weighted by atomic mass is 10.1. The maximum Gasteiger partial charge on any atom is 0.274 e. The maximum atomic E-state index is 13.8. The zero-order chi connectivity index (χ0) is 21.1. The van der Waals surface area contributed by atoms with E-state index < -0.39 is 11.6 Å². The van der Waals surface area contributed by atoms with E-state index in [0.717, 1.165) is 22.3 Å². The number of hydrogen-bond acceptors (Lipinski definition) is 5. The fraction of sp³-hybridized carbons (Fsp3) is 0.333. The first kappa shape index (κ1) is 21.3. The number of carbonyl (C=O) groups excluding carboxylic acids is 1. The van der Waals surface area contributed by atoms with Gasteiger partial charge in [0, 0.05) is 54.1 Å². The molecule has 0 saturated carbocycles. The fourth-order valence-electron chi connectivity index (χ4n) is 3.30. The van der Waals surface area contributed by atoms with E-state index >= 15 is 0 Å². The summed E-state index contributed by atoms with van der Waals surface area (Å²) in [6.07, 6.45) is 1.75. The number of carbonyl (C=O) groups is 1. The van der Waals surface area contributed by atoms with Crippen molar-refractivity contribution in [2.24, 2.45) is 0 Å². The second-order valence-electron chi connectivity index (χ2n) is 6.96. The molecule has 1 aromatic heterocycles. The smallest absolute Gasteiger partial charge is 0.274 e. The second-order valence-corrected chi connectivity index (χ2v) is 9.56. The molecule has 2 aromatic carbocycles. The molecule has 0 spiro atoms. The maximum absolute atomic E-state index is 13.8. The highest BCUT2D eigenvalue weighted by atomic mass is 35.5. The predicted molar refractivity (Wildman–Crippen MR) is 117 cm³/mol. The summed E-state index contributed by atoms with van der Waals surface area (Å²) < 4.78 is 33.4. The SMILES string of the molecule is O=C(CCSc1ccc(Cl)cc1)N1CCC(Oc2nc3c(F)cc(F)cc3s2)CC1. The third kappa shape index (κ3) is 5.22. The van der Waals surface area contributed by atoms with E-state index in [1.165, 1.54) is 6.07 Å². The van der Waals surface area contributed by atoms with Gasteiger partial charge in [0.2, 0.25) is 5.91 Å². The van der Waals surface area contributed by atoms with Gasteiger partial charge in [-0.05, 0) is 30.3 Å². The third-order valence-corrected chi connectivity index (χ3v) is 7.01. The molecule has 3 aromatic rings. The number of thioether (sulfide) groups is 1. The summed E-state index contributed by atoms with van der Waals surface area (Å²) >= 11 is 8.64. The minimum atomic E-state index is -0.687. The Morgan fingerprint density at radius 1 is 1.23 bits per heavy atom. The van der Waals surface area contributed by atoms with E-state index in [4.69, 9.17) is 16.3 Å². The van der Waals surface area contributed by atoms with Crippen LogP contribution in [-0.4, -0.2) is 40.7 Å². The first-order valence-electron chi connectivity index (χ1n) is 9.56. The van der Waals surface area contributed by atoms with Gasteiger partial charge in [0.1, 0.15) is 17.4 Å². The first-order chi connectivity index (χ1) is 14.5. The zero-order valence-corrected chi connectivity index (χ0v) is 18.3. The Morgan fingerprint density at radius 3 is 2.70 bits per heavy atom. The van der Waals surface area contributed by atoms with E-state index in [-0.39, 0.29) is 17.5 Å². The summed E-state index contributed by atoms with van der Waals surface area (Å²) in [5.41, 5.74) is 0.127. The molecule has 0 bridgehead atoms. The summed E-state index contributed by atoms with van der Waals surface area (Å²) in [5, 5.41) is 1.03. The Hall–Kier alpha value is -1.90. The minimum Gasteiger partial charge on any atom is -0.467 e. The van der Waals surface area contributed by atoms with Crippen molar-refractivity contribution in [3.63, 3.8) is 0 Å². The molecule has 158 valence electrons. The van der Waals surface area contributed by atoms with Gasteiger partial charge in [-0.1, -0.05) is 22.9 Å². The Morgan fingerprint density at radius 2 is 1.97 bits per heavy atom. The van der Waals surface area contributed by atoms with Crippen molar-refractivity contribution in [2.45, 2.75) is 30.3 Å². The van der Waals surface area contributed by atoms with Crippen molar-refractivity contribution in [3.05, 3.63) is 53.1 Å². The number of fused-ring (bicyclic) bond motifs is 1. The number of hydrogen-bond donors (Lipinski definition) is 0. The van der Waals surface area contributed by atoms with Crippen LogP contribution in [0.1, 0.15) is 19.3 Å². The van der Waals surface area contributed by atoms with E-state index in [2.05, 4.69) is 4.98 Å². The average molecular weight is 469 g/mol. The standard InChI is InChI=1S/C21H19ClF2N2O2S2/c22-13-1-3-16(4-2-13)29-10-7-19(27)26-8-5-15(6-9-26)28-21-25-20-17(24)11-14(23)12-18(20)30-21/h1-4,11-12,15H,5-10H2. The topological polar surface area (TPSA) is 42.4 Å². The van der Waals surface area contributed by atoms with Gasteiger partial charge in [-0.3, -0.25) is 4.79 Å². The number of amides is 1.